The van der Waals surface area contributed by atoms with Crippen molar-refractivity contribution >= 4 is 17.7 Å². The minimum absolute atomic E-state index is 0.220. The Bertz CT molecular complexity index is 169. The maximum Gasteiger partial charge on any atom is 0.224 e. The zero-order valence-electron chi connectivity index (χ0n) is 8.16. The van der Waals surface area contributed by atoms with Gasteiger partial charge in [-0.1, -0.05) is 0 Å². The third-order valence-electron chi connectivity index (χ3n) is 2.37. The second kappa shape index (κ2) is 5.50. The summed E-state index contributed by atoms with van der Waals surface area (Å²) in [4.78, 5) is 13.6. The zero-order valence-corrected chi connectivity index (χ0v) is 8.98. The van der Waals surface area contributed by atoms with E-state index in [-0.39, 0.29) is 5.91 Å². The molecule has 2 N–H and O–H groups in total. The van der Waals surface area contributed by atoms with Gasteiger partial charge in [0.1, 0.15) is 0 Å². The van der Waals surface area contributed by atoms with E-state index >= 15 is 0 Å². The number of carbonyl (C=O) groups is 1. The predicted molar refractivity (Wildman–Crippen MR) is 56.8 cm³/mol. The molecule has 1 heterocycles. The lowest BCUT2D eigenvalue weighted by atomic mass is 10.2. The van der Waals surface area contributed by atoms with Crippen LogP contribution in [0.4, 0.5) is 0 Å². The number of nitrogens with zero attached hydrogens (tertiary/aromatic N) is 1. The lowest BCUT2D eigenvalue weighted by Gasteiger charge is -2.27. The van der Waals surface area contributed by atoms with Crippen LogP contribution in [-0.4, -0.2) is 41.4 Å². The lowest BCUT2D eigenvalue weighted by molar-refractivity contribution is -0.132. The Morgan fingerprint density at radius 3 is 2.92 bits per heavy atom. The first-order chi connectivity index (χ1) is 6.29. The van der Waals surface area contributed by atoms with Crippen LogP contribution in [0.15, 0.2) is 0 Å². The van der Waals surface area contributed by atoms with Crippen LogP contribution in [0.3, 0.4) is 0 Å². The molecule has 1 fully saturated rings. The van der Waals surface area contributed by atoms with Crippen LogP contribution in [0.1, 0.15) is 19.8 Å². The smallest absolute Gasteiger partial charge is 0.224 e. The van der Waals surface area contributed by atoms with Crippen molar-refractivity contribution in [3.8, 4) is 0 Å². The molecular weight excluding hydrogens is 184 g/mol. The molecule has 1 saturated heterocycles. The van der Waals surface area contributed by atoms with E-state index in [2.05, 4.69) is 0 Å². The van der Waals surface area contributed by atoms with E-state index in [1.54, 1.807) is 0 Å². The van der Waals surface area contributed by atoms with Gasteiger partial charge in [0.05, 0.1) is 0 Å². The molecule has 0 aromatic carbocycles. The van der Waals surface area contributed by atoms with Gasteiger partial charge in [-0.05, 0) is 19.1 Å². The van der Waals surface area contributed by atoms with Crippen molar-refractivity contribution in [2.45, 2.75) is 25.8 Å². The number of amides is 1. The molecule has 1 rings (SSSR count). The Morgan fingerprint density at radius 1 is 1.69 bits per heavy atom. The molecule has 1 amide bonds. The first-order valence-electron chi connectivity index (χ1n) is 4.86. The molecule has 0 aromatic heterocycles. The van der Waals surface area contributed by atoms with Gasteiger partial charge in [0.15, 0.2) is 0 Å². The number of carbonyl (C=O) groups excluding carboxylic acids is 1. The second-order valence-electron chi connectivity index (χ2n) is 3.24. The van der Waals surface area contributed by atoms with E-state index in [0.29, 0.717) is 19.0 Å². The Kier molecular flexibility index (Phi) is 4.59. The molecule has 76 valence electrons. The van der Waals surface area contributed by atoms with Gasteiger partial charge in [-0.15, -0.1) is 0 Å². The Labute approximate surface area is 84.0 Å². The maximum absolute atomic E-state index is 11.6. The van der Waals surface area contributed by atoms with Crippen LogP contribution in [-0.2, 0) is 4.79 Å². The van der Waals surface area contributed by atoms with Crippen molar-refractivity contribution in [1.29, 1.82) is 0 Å². The minimum Gasteiger partial charge on any atom is -0.339 e. The van der Waals surface area contributed by atoms with Crippen LogP contribution in [0.2, 0.25) is 0 Å². The molecule has 13 heavy (non-hydrogen) atoms. The molecular formula is C9H18N2OS. The summed E-state index contributed by atoms with van der Waals surface area (Å²) in [6, 6.07) is 0.467. The molecule has 4 heteroatoms. The third kappa shape index (κ3) is 2.88. The van der Waals surface area contributed by atoms with Gasteiger partial charge in [-0.3, -0.25) is 4.79 Å². The van der Waals surface area contributed by atoms with Crippen molar-refractivity contribution in [1.82, 2.24) is 4.90 Å². The van der Waals surface area contributed by atoms with Crippen LogP contribution < -0.4 is 5.73 Å². The van der Waals surface area contributed by atoms with Gasteiger partial charge in [0.25, 0.3) is 0 Å². The summed E-state index contributed by atoms with van der Waals surface area (Å²) >= 11 is 1.94. The summed E-state index contributed by atoms with van der Waals surface area (Å²) in [6.45, 7) is 3.33. The molecule has 0 spiro atoms. The highest BCUT2D eigenvalue weighted by molar-refractivity contribution is 7.99. The van der Waals surface area contributed by atoms with Gasteiger partial charge in [-0.2, -0.15) is 11.8 Å². The van der Waals surface area contributed by atoms with E-state index in [1.165, 1.54) is 5.75 Å². The van der Waals surface area contributed by atoms with Crippen LogP contribution in [0.5, 0.6) is 0 Å². The Morgan fingerprint density at radius 2 is 2.46 bits per heavy atom. The summed E-state index contributed by atoms with van der Waals surface area (Å²) in [5.74, 6) is 2.51. The third-order valence-corrected chi connectivity index (χ3v) is 3.51. The molecule has 0 aliphatic carbocycles. The van der Waals surface area contributed by atoms with Crippen LogP contribution in [0, 0.1) is 0 Å². The molecule has 1 aliphatic rings. The highest BCUT2D eigenvalue weighted by Crippen LogP contribution is 2.22. The van der Waals surface area contributed by atoms with E-state index in [4.69, 9.17) is 5.73 Å². The fraction of sp³-hybridized carbons (Fsp3) is 0.889. The topological polar surface area (TPSA) is 46.3 Å². The summed E-state index contributed by atoms with van der Waals surface area (Å²) in [7, 11) is 0. The predicted octanol–water partition coefficient (Wildman–Crippen LogP) is 0.689. The summed E-state index contributed by atoms with van der Waals surface area (Å²) in [5, 5.41) is 0. The highest BCUT2D eigenvalue weighted by atomic mass is 32.2. The SMILES string of the molecule is CCN(C(=O)CCN)C1CCSC1. The number of rotatable bonds is 4. The van der Waals surface area contributed by atoms with Crippen molar-refractivity contribution in [2.24, 2.45) is 5.73 Å². The van der Waals surface area contributed by atoms with E-state index in [9.17, 15) is 4.79 Å². The molecule has 1 aliphatic heterocycles. The van der Waals surface area contributed by atoms with Gasteiger partial charge < -0.3 is 10.6 Å². The standard InChI is InChI=1S/C9H18N2OS/c1-2-11(9(12)3-5-10)8-4-6-13-7-8/h8H,2-7,10H2,1H3. The summed E-state index contributed by atoms with van der Waals surface area (Å²) < 4.78 is 0. The maximum atomic E-state index is 11.6. The molecule has 0 radical (unpaired) electrons. The fourth-order valence-electron chi connectivity index (χ4n) is 1.67. The monoisotopic (exact) mass is 202 g/mol. The van der Waals surface area contributed by atoms with Crippen molar-refractivity contribution in [2.75, 3.05) is 24.6 Å². The van der Waals surface area contributed by atoms with Gasteiger partial charge >= 0.3 is 0 Å². The van der Waals surface area contributed by atoms with Gasteiger partial charge in [0.2, 0.25) is 5.91 Å². The van der Waals surface area contributed by atoms with E-state index in [1.807, 2.05) is 23.6 Å². The average Bonchev–Trinajstić information content (AvgIpc) is 2.59. The lowest BCUT2D eigenvalue weighted by Crippen LogP contribution is -2.40. The fourth-order valence-corrected chi connectivity index (χ4v) is 2.90. The van der Waals surface area contributed by atoms with Crippen molar-refractivity contribution in [3.05, 3.63) is 0 Å². The molecule has 0 bridgehead atoms. The largest absolute Gasteiger partial charge is 0.339 e. The Hall–Kier alpha value is -0.220. The first kappa shape index (κ1) is 10.9. The van der Waals surface area contributed by atoms with Crippen molar-refractivity contribution < 1.29 is 4.79 Å². The molecule has 3 nitrogen and oxygen atoms in total. The molecule has 0 saturated carbocycles. The molecule has 1 atom stereocenters. The van der Waals surface area contributed by atoms with Crippen LogP contribution >= 0.6 is 11.8 Å². The van der Waals surface area contributed by atoms with Crippen molar-refractivity contribution in [3.63, 3.8) is 0 Å². The summed E-state index contributed by atoms with van der Waals surface area (Å²) in [5.41, 5.74) is 5.37. The summed E-state index contributed by atoms with van der Waals surface area (Å²) in [6.07, 6.45) is 1.64. The highest BCUT2D eigenvalue weighted by Gasteiger charge is 2.24. The van der Waals surface area contributed by atoms with Gasteiger partial charge in [0, 0.05) is 31.3 Å². The normalized spacial score (nSPS) is 21.8. The quantitative estimate of drug-likeness (QED) is 0.729. The molecule has 1 unspecified atom stereocenters. The number of nitrogens with two attached hydrogens (primary N) is 1. The minimum atomic E-state index is 0.220. The molecule has 0 aromatic rings. The van der Waals surface area contributed by atoms with Crippen LogP contribution in [0.25, 0.3) is 0 Å². The number of hydrogen-bond donors (Lipinski definition) is 1. The number of hydrogen-bond acceptors (Lipinski definition) is 3. The van der Waals surface area contributed by atoms with Gasteiger partial charge in [-0.25, -0.2) is 0 Å². The average molecular weight is 202 g/mol. The zero-order chi connectivity index (χ0) is 9.68. The second-order valence-corrected chi connectivity index (χ2v) is 4.39. The van der Waals surface area contributed by atoms with E-state index < -0.39 is 0 Å². The first-order valence-corrected chi connectivity index (χ1v) is 6.02. The van der Waals surface area contributed by atoms with E-state index in [0.717, 1.165) is 18.7 Å². The number of thioether (sulfide) groups is 1. The Balaban J connectivity index is 2.44.